The van der Waals surface area contributed by atoms with E-state index >= 15 is 0 Å². The molecule has 5 nitrogen and oxygen atoms in total. The molecule has 4 N–H and O–H groups in total. The summed E-state index contributed by atoms with van der Waals surface area (Å²) in [5.41, 5.74) is 6.52. The van der Waals surface area contributed by atoms with Gasteiger partial charge in [-0.05, 0) is 12.5 Å². The highest BCUT2D eigenvalue weighted by atomic mass is 16.1. The fraction of sp³-hybridized carbons (Fsp3) is 0.167. The Morgan fingerprint density at radius 1 is 1.35 bits per heavy atom. The Bertz CT molecular complexity index is 550. The maximum absolute atomic E-state index is 11.3. The highest BCUT2D eigenvalue weighted by Gasteiger charge is 2.09. The van der Waals surface area contributed by atoms with Crippen molar-refractivity contribution in [3.05, 3.63) is 52.6 Å². The molecule has 0 radical (unpaired) electrons. The second-order valence-corrected chi connectivity index (χ2v) is 3.77. The average molecular weight is 230 g/mol. The van der Waals surface area contributed by atoms with Crippen LogP contribution in [0.15, 0.2) is 41.5 Å². The quantitative estimate of drug-likeness (QED) is 0.746. The Labute approximate surface area is 98.7 Å². The van der Waals surface area contributed by atoms with Gasteiger partial charge in [-0.2, -0.15) is 0 Å². The minimum atomic E-state index is -0.331. The largest absolute Gasteiger partial charge is 0.391 e. The van der Waals surface area contributed by atoms with E-state index in [0.717, 1.165) is 5.56 Å². The van der Waals surface area contributed by atoms with E-state index in [1.54, 1.807) is 0 Å². The zero-order valence-electron chi connectivity index (χ0n) is 9.47. The number of hydrogen-bond acceptors (Lipinski definition) is 4. The maximum atomic E-state index is 11.3. The molecule has 17 heavy (non-hydrogen) atoms. The van der Waals surface area contributed by atoms with Crippen molar-refractivity contribution in [2.75, 3.05) is 11.1 Å². The summed E-state index contributed by atoms with van der Waals surface area (Å²) < 4.78 is 0. The molecule has 1 unspecified atom stereocenters. The third-order valence-electron chi connectivity index (χ3n) is 2.54. The zero-order chi connectivity index (χ0) is 12.3. The van der Waals surface area contributed by atoms with Gasteiger partial charge in [0.25, 0.3) is 5.56 Å². The molecule has 2 rings (SSSR count). The third-order valence-corrected chi connectivity index (χ3v) is 2.54. The van der Waals surface area contributed by atoms with E-state index < -0.39 is 0 Å². The van der Waals surface area contributed by atoms with Crippen molar-refractivity contribution >= 4 is 11.5 Å². The number of nitrogens with one attached hydrogen (secondary N) is 2. The van der Waals surface area contributed by atoms with E-state index in [4.69, 9.17) is 5.73 Å². The van der Waals surface area contributed by atoms with Gasteiger partial charge in [0, 0.05) is 0 Å². The van der Waals surface area contributed by atoms with Crippen LogP contribution >= 0.6 is 0 Å². The van der Waals surface area contributed by atoms with Gasteiger partial charge < -0.3 is 16.0 Å². The Morgan fingerprint density at radius 3 is 2.76 bits per heavy atom. The van der Waals surface area contributed by atoms with Crippen LogP contribution in [0.3, 0.4) is 0 Å². The lowest BCUT2D eigenvalue weighted by Crippen LogP contribution is -2.17. The monoisotopic (exact) mass is 230 g/mol. The van der Waals surface area contributed by atoms with Crippen LogP contribution in [-0.2, 0) is 0 Å². The Balaban J connectivity index is 2.22. The summed E-state index contributed by atoms with van der Waals surface area (Å²) in [4.78, 5) is 17.7. The average Bonchev–Trinajstić information content (AvgIpc) is 2.36. The van der Waals surface area contributed by atoms with Crippen LogP contribution < -0.4 is 16.6 Å². The normalized spacial score (nSPS) is 12.1. The first kappa shape index (κ1) is 11.2. The highest BCUT2D eigenvalue weighted by Crippen LogP contribution is 2.18. The summed E-state index contributed by atoms with van der Waals surface area (Å²) in [5.74, 6) is 0.408. The Kier molecular flexibility index (Phi) is 3.09. The second kappa shape index (κ2) is 4.69. The lowest BCUT2D eigenvalue weighted by Gasteiger charge is -2.15. The Hall–Kier alpha value is -2.30. The predicted molar refractivity (Wildman–Crippen MR) is 67.7 cm³/mol. The van der Waals surface area contributed by atoms with Crippen molar-refractivity contribution in [1.82, 2.24) is 9.97 Å². The molecule has 2 aromatic rings. The number of aromatic amines is 1. The first-order chi connectivity index (χ1) is 8.18. The number of rotatable bonds is 3. The predicted octanol–water partition coefficient (Wildman–Crippen LogP) is 1.53. The van der Waals surface area contributed by atoms with Crippen molar-refractivity contribution in [1.29, 1.82) is 0 Å². The van der Waals surface area contributed by atoms with E-state index in [1.807, 2.05) is 37.3 Å². The van der Waals surface area contributed by atoms with Crippen molar-refractivity contribution in [3.63, 3.8) is 0 Å². The molecule has 5 heteroatoms. The summed E-state index contributed by atoms with van der Waals surface area (Å²) in [5, 5.41) is 3.11. The molecule has 1 heterocycles. The van der Waals surface area contributed by atoms with E-state index in [2.05, 4.69) is 15.3 Å². The molecule has 0 aliphatic rings. The second-order valence-electron chi connectivity index (χ2n) is 3.77. The first-order valence-electron chi connectivity index (χ1n) is 5.33. The zero-order valence-corrected chi connectivity index (χ0v) is 9.47. The summed E-state index contributed by atoms with van der Waals surface area (Å²) >= 11 is 0. The molecule has 1 aromatic heterocycles. The van der Waals surface area contributed by atoms with E-state index in [1.165, 1.54) is 6.33 Å². The topological polar surface area (TPSA) is 83.8 Å². The van der Waals surface area contributed by atoms with Crippen molar-refractivity contribution in [2.24, 2.45) is 0 Å². The number of aromatic nitrogens is 2. The van der Waals surface area contributed by atoms with Crippen LogP contribution in [0.5, 0.6) is 0 Å². The number of benzene rings is 1. The van der Waals surface area contributed by atoms with Crippen LogP contribution in [0.1, 0.15) is 18.5 Å². The number of anilines is 2. The smallest absolute Gasteiger partial charge is 0.276 e. The molecule has 88 valence electrons. The van der Waals surface area contributed by atoms with Crippen LogP contribution in [0.25, 0.3) is 0 Å². The van der Waals surface area contributed by atoms with Gasteiger partial charge in [-0.15, -0.1) is 0 Å². The number of nitrogen functional groups attached to an aromatic ring is 1. The van der Waals surface area contributed by atoms with Crippen LogP contribution in [0, 0.1) is 0 Å². The molecule has 0 bridgehead atoms. The van der Waals surface area contributed by atoms with Gasteiger partial charge in [0.2, 0.25) is 0 Å². The molecule has 0 fully saturated rings. The summed E-state index contributed by atoms with van der Waals surface area (Å²) in [7, 11) is 0. The summed E-state index contributed by atoms with van der Waals surface area (Å²) in [6.45, 7) is 1.98. The van der Waals surface area contributed by atoms with Gasteiger partial charge in [-0.1, -0.05) is 30.3 Å². The van der Waals surface area contributed by atoms with Crippen molar-refractivity contribution in [3.8, 4) is 0 Å². The Morgan fingerprint density at radius 2 is 2.06 bits per heavy atom. The molecule has 0 aliphatic carbocycles. The van der Waals surface area contributed by atoms with E-state index in [9.17, 15) is 4.79 Å². The van der Waals surface area contributed by atoms with Crippen LogP contribution in [0.4, 0.5) is 11.5 Å². The van der Waals surface area contributed by atoms with Crippen LogP contribution in [-0.4, -0.2) is 9.97 Å². The summed E-state index contributed by atoms with van der Waals surface area (Å²) in [6, 6.07) is 9.91. The number of nitrogens with two attached hydrogens (primary N) is 1. The minimum Gasteiger partial charge on any atom is -0.391 e. The first-order valence-corrected chi connectivity index (χ1v) is 5.33. The van der Waals surface area contributed by atoms with Crippen LogP contribution in [0.2, 0.25) is 0 Å². The van der Waals surface area contributed by atoms with Gasteiger partial charge in [0.05, 0.1) is 12.4 Å². The van der Waals surface area contributed by atoms with Crippen molar-refractivity contribution < 1.29 is 0 Å². The number of hydrogen-bond donors (Lipinski definition) is 3. The van der Waals surface area contributed by atoms with Gasteiger partial charge in [-0.3, -0.25) is 4.79 Å². The maximum Gasteiger partial charge on any atom is 0.276 e. The fourth-order valence-electron chi connectivity index (χ4n) is 1.56. The molecular weight excluding hydrogens is 216 g/mol. The highest BCUT2D eigenvalue weighted by molar-refractivity contribution is 5.59. The molecular formula is C12H14N4O. The van der Waals surface area contributed by atoms with E-state index in [-0.39, 0.29) is 17.3 Å². The number of H-pyrrole nitrogens is 1. The summed E-state index contributed by atoms with van der Waals surface area (Å²) in [6.07, 6.45) is 1.33. The molecule has 0 saturated heterocycles. The lowest BCUT2D eigenvalue weighted by molar-refractivity contribution is 0.871. The van der Waals surface area contributed by atoms with Gasteiger partial charge in [0.1, 0.15) is 5.69 Å². The van der Waals surface area contributed by atoms with Gasteiger partial charge in [-0.25, -0.2) is 4.98 Å². The third kappa shape index (κ3) is 2.44. The molecule has 1 atom stereocenters. The van der Waals surface area contributed by atoms with Crippen molar-refractivity contribution in [2.45, 2.75) is 13.0 Å². The molecule has 0 amide bonds. The minimum absolute atomic E-state index is 0.0350. The number of nitrogens with zero attached hydrogens (tertiary/aromatic N) is 1. The van der Waals surface area contributed by atoms with Gasteiger partial charge in [0.15, 0.2) is 5.82 Å². The molecule has 0 aliphatic heterocycles. The lowest BCUT2D eigenvalue weighted by atomic mass is 10.1. The SMILES string of the molecule is CC(Nc1nc[nH]c(=O)c1N)c1ccccc1. The molecule has 0 saturated carbocycles. The molecule has 0 spiro atoms. The standard InChI is InChI=1S/C12H14N4O/c1-8(9-5-3-2-4-6-9)16-11-10(13)12(17)15-7-14-11/h2-8H,13H2,1H3,(H2,14,15,16,17). The van der Waals surface area contributed by atoms with Gasteiger partial charge >= 0.3 is 0 Å². The fourth-order valence-corrected chi connectivity index (χ4v) is 1.56. The van der Waals surface area contributed by atoms with E-state index in [0.29, 0.717) is 5.82 Å². The molecule has 1 aromatic carbocycles.